The number of nitrogens with zero attached hydrogens (tertiary/aromatic N) is 1. The summed E-state index contributed by atoms with van der Waals surface area (Å²) >= 11 is 1.44. The fourth-order valence-corrected chi connectivity index (χ4v) is 3.61. The maximum atomic E-state index is 12.0. The third-order valence-electron chi connectivity index (χ3n) is 3.94. The summed E-state index contributed by atoms with van der Waals surface area (Å²) in [4.78, 5) is 17.4. The van der Waals surface area contributed by atoms with Gasteiger partial charge >= 0.3 is 0 Å². The zero-order valence-electron chi connectivity index (χ0n) is 12.7. The highest BCUT2D eigenvalue weighted by Gasteiger charge is 2.25. The lowest BCUT2D eigenvalue weighted by atomic mass is 9.96. The van der Waals surface area contributed by atoms with Gasteiger partial charge in [-0.15, -0.1) is 0 Å². The van der Waals surface area contributed by atoms with E-state index in [1.807, 2.05) is 30.3 Å². The molecule has 0 spiro atoms. The predicted molar refractivity (Wildman–Crippen MR) is 91.0 cm³/mol. The lowest BCUT2D eigenvalue weighted by Crippen LogP contribution is -2.22. The highest BCUT2D eigenvalue weighted by Crippen LogP contribution is 2.28. The summed E-state index contributed by atoms with van der Waals surface area (Å²) in [5.74, 6) is 0.751. The van der Waals surface area contributed by atoms with Crippen molar-refractivity contribution in [2.24, 2.45) is 4.99 Å². The van der Waals surface area contributed by atoms with Crippen LogP contribution in [0.3, 0.4) is 0 Å². The maximum Gasteiger partial charge on any atom is 0.264 e. The van der Waals surface area contributed by atoms with E-state index in [0.29, 0.717) is 10.9 Å². The van der Waals surface area contributed by atoms with E-state index in [1.54, 1.807) is 7.11 Å². The van der Waals surface area contributed by atoms with Gasteiger partial charge in [-0.1, -0.05) is 31.4 Å². The van der Waals surface area contributed by atoms with Gasteiger partial charge in [-0.25, -0.2) is 0 Å². The number of ether oxygens (including phenoxy) is 1. The Morgan fingerprint density at radius 2 is 1.95 bits per heavy atom. The molecule has 2 fully saturated rings. The molecule has 4 nitrogen and oxygen atoms in total. The molecule has 0 bridgehead atoms. The number of rotatable bonds is 3. The summed E-state index contributed by atoms with van der Waals surface area (Å²) in [7, 11) is 1.64. The smallest absolute Gasteiger partial charge is 0.264 e. The molecule has 22 heavy (non-hydrogen) atoms. The van der Waals surface area contributed by atoms with E-state index in [9.17, 15) is 4.79 Å². The summed E-state index contributed by atoms with van der Waals surface area (Å²) in [6.45, 7) is 0. The maximum absolute atomic E-state index is 12.0. The number of nitrogens with one attached hydrogen (secondary N) is 1. The van der Waals surface area contributed by atoms with Crippen LogP contribution >= 0.6 is 11.8 Å². The number of hydrogen-bond donors (Lipinski definition) is 1. The average molecular weight is 316 g/mol. The number of amidine groups is 1. The predicted octanol–water partition coefficient (Wildman–Crippen LogP) is 3.59. The molecule has 1 aliphatic carbocycles. The van der Waals surface area contributed by atoms with Crippen molar-refractivity contribution in [1.29, 1.82) is 0 Å². The molecule has 116 valence electrons. The van der Waals surface area contributed by atoms with Crippen LogP contribution in [0.1, 0.15) is 37.7 Å². The Bertz CT molecular complexity index is 602. The Balaban J connectivity index is 1.70. The molecular weight excluding hydrogens is 296 g/mol. The molecule has 1 aromatic carbocycles. The van der Waals surface area contributed by atoms with Gasteiger partial charge in [0, 0.05) is 0 Å². The summed E-state index contributed by atoms with van der Waals surface area (Å²) in [6.07, 6.45) is 7.96. The second kappa shape index (κ2) is 7.01. The van der Waals surface area contributed by atoms with Gasteiger partial charge in [0.25, 0.3) is 5.91 Å². The molecule has 1 aliphatic heterocycles. The number of carbonyl (C=O) groups excluding carboxylic acids is 1. The largest absolute Gasteiger partial charge is 0.497 e. The number of amides is 1. The molecule has 1 amide bonds. The average Bonchev–Trinajstić information content (AvgIpc) is 2.88. The molecular formula is C17H20N2O2S. The van der Waals surface area contributed by atoms with Crippen LogP contribution in [0.25, 0.3) is 6.08 Å². The summed E-state index contributed by atoms with van der Waals surface area (Å²) in [5, 5.41) is 3.62. The molecule has 1 heterocycles. The quantitative estimate of drug-likeness (QED) is 0.867. The molecule has 0 radical (unpaired) electrons. The van der Waals surface area contributed by atoms with E-state index in [-0.39, 0.29) is 5.91 Å². The van der Waals surface area contributed by atoms with Gasteiger partial charge < -0.3 is 10.1 Å². The van der Waals surface area contributed by atoms with Crippen LogP contribution in [0.2, 0.25) is 0 Å². The first kappa shape index (κ1) is 15.2. The lowest BCUT2D eigenvalue weighted by molar-refractivity contribution is -0.115. The fraction of sp³-hybridized carbons (Fsp3) is 0.412. The SMILES string of the molecule is COc1ccc(C=C2SC(=NC3CCCCC3)NC2=O)cc1. The summed E-state index contributed by atoms with van der Waals surface area (Å²) in [5.41, 5.74) is 0.984. The molecule has 5 heteroatoms. The molecule has 1 saturated heterocycles. The van der Waals surface area contributed by atoms with Crippen molar-refractivity contribution in [2.45, 2.75) is 38.1 Å². The monoisotopic (exact) mass is 316 g/mol. The third-order valence-corrected chi connectivity index (χ3v) is 4.86. The van der Waals surface area contributed by atoms with Crippen molar-refractivity contribution in [1.82, 2.24) is 5.32 Å². The van der Waals surface area contributed by atoms with Gasteiger partial charge in [0.2, 0.25) is 0 Å². The van der Waals surface area contributed by atoms with Crippen LogP contribution in [-0.4, -0.2) is 24.2 Å². The number of benzene rings is 1. The fourth-order valence-electron chi connectivity index (χ4n) is 2.72. The zero-order chi connectivity index (χ0) is 15.4. The molecule has 0 atom stereocenters. The van der Waals surface area contributed by atoms with Crippen LogP contribution < -0.4 is 10.1 Å². The Hall–Kier alpha value is -1.75. The minimum Gasteiger partial charge on any atom is -0.497 e. The van der Waals surface area contributed by atoms with Crippen LogP contribution in [0.5, 0.6) is 5.75 Å². The van der Waals surface area contributed by atoms with E-state index in [1.165, 1.54) is 31.0 Å². The highest BCUT2D eigenvalue weighted by atomic mass is 32.2. The van der Waals surface area contributed by atoms with E-state index in [4.69, 9.17) is 9.73 Å². The zero-order valence-corrected chi connectivity index (χ0v) is 13.5. The number of aliphatic imine (C=N–C) groups is 1. The Morgan fingerprint density at radius 1 is 1.23 bits per heavy atom. The van der Waals surface area contributed by atoms with Gasteiger partial charge in [-0.2, -0.15) is 0 Å². The first-order valence-electron chi connectivity index (χ1n) is 7.67. The first-order valence-corrected chi connectivity index (χ1v) is 8.49. The highest BCUT2D eigenvalue weighted by molar-refractivity contribution is 8.18. The Morgan fingerprint density at radius 3 is 2.64 bits per heavy atom. The molecule has 0 unspecified atom stereocenters. The van der Waals surface area contributed by atoms with E-state index in [0.717, 1.165) is 29.3 Å². The number of thioether (sulfide) groups is 1. The van der Waals surface area contributed by atoms with Gasteiger partial charge in [0.1, 0.15) is 5.75 Å². The number of carbonyl (C=O) groups is 1. The van der Waals surface area contributed by atoms with Crippen molar-refractivity contribution >= 4 is 28.9 Å². The minimum atomic E-state index is -0.0598. The first-order chi connectivity index (χ1) is 10.7. The van der Waals surface area contributed by atoms with Crippen LogP contribution in [0.15, 0.2) is 34.2 Å². The lowest BCUT2D eigenvalue weighted by Gasteiger charge is -2.17. The molecule has 0 aromatic heterocycles. The molecule has 1 N–H and O–H groups in total. The molecule has 3 rings (SSSR count). The normalized spacial score (nSPS) is 23.0. The number of hydrogen-bond acceptors (Lipinski definition) is 4. The Labute approximate surface area is 135 Å². The topological polar surface area (TPSA) is 50.7 Å². The van der Waals surface area contributed by atoms with Crippen LogP contribution in [0.4, 0.5) is 0 Å². The van der Waals surface area contributed by atoms with Crippen LogP contribution in [0, 0.1) is 0 Å². The van der Waals surface area contributed by atoms with Crippen molar-refractivity contribution in [3.8, 4) is 5.75 Å². The second-order valence-corrected chi connectivity index (χ2v) is 6.59. The van der Waals surface area contributed by atoms with E-state index in [2.05, 4.69) is 5.32 Å². The van der Waals surface area contributed by atoms with Crippen molar-refractivity contribution in [3.05, 3.63) is 34.7 Å². The molecule has 1 saturated carbocycles. The van der Waals surface area contributed by atoms with Gasteiger partial charge in [0.05, 0.1) is 18.1 Å². The van der Waals surface area contributed by atoms with Crippen molar-refractivity contribution in [2.75, 3.05) is 7.11 Å². The van der Waals surface area contributed by atoms with E-state index < -0.39 is 0 Å². The van der Waals surface area contributed by atoms with Gasteiger partial charge in [-0.05, 0) is 48.4 Å². The van der Waals surface area contributed by atoms with Gasteiger partial charge in [0.15, 0.2) is 5.17 Å². The Kier molecular flexibility index (Phi) is 4.83. The summed E-state index contributed by atoms with van der Waals surface area (Å²) < 4.78 is 5.14. The van der Waals surface area contributed by atoms with Gasteiger partial charge in [-0.3, -0.25) is 9.79 Å². The standard InChI is InChI=1S/C17H20N2O2S/c1-21-14-9-7-12(8-10-14)11-15-16(20)19-17(22-15)18-13-5-3-2-4-6-13/h7-11,13H,2-6H2,1H3,(H,18,19,20). The second-order valence-electron chi connectivity index (χ2n) is 5.56. The third kappa shape index (κ3) is 3.71. The number of methoxy groups -OCH3 is 1. The van der Waals surface area contributed by atoms with Crippen molar-refractivity contribution < 1.29 is 9.53 Å². The van der Waals surface area contributed by atoms with Crippen molar-refractivity contribution in [3.63, 3.8) is 0 Å². The van der Waals surface area contributed by atoms with Crippen LogP contribution in [-0.2, 0) is 4.79 Å². The molecule has 2 aliphatic rings. The minimum absolute atomic E-state index is 0.0598. The van der Waals surface area contributed by atoms with E-state index >= 15 is 0 Å². The summed E-state index contributed by atoms with van der Waals surface area (Å²) in [6, 6.07) is 8.03. The molecule has 1 aromatic rings.